The van der Waals surface area contributed by atoms with Crippen LogP contribution in [0.2, 0.25) is 0 Å². The van der Waals surface area contributed by atoms with Crippen LogP contribution in [0.1, 0.15) is 29.2 Å². The van der Waals surface area contributed by atoms with Gasteiger partial charge in [-0.05, 0) is 13.2 Å². The summed E-state index contributed by atoms with van der Waals surface area (Å²) in [4.78, 5) is 0. The second-order valence-corrected chi connectivity index (χ2v) is 1.76. The second-order valence-electron chi connectivity index (χ2n) is 1.76. The first kappa shape index (κ1) is 2.44. The van der Waals surface area contributed by atoms with Crippen molar-refractivity contribution in [3.8, 4) is 0 Å². The van der Waals surface area contributed by atoms with Gasteiger partial charge in [0.1, 0.15) is 0 Å². The Labute approximate surface area is 72.3 Å². The predicted molar refractivity (Wildman–Crippen MR) is 36.6 cm³/mol. The molecule has 1 saturated heterocycles. The van der Waals surface area contributed by atoms with Gasteiger partial charge in [-0.15, -0.1) is 0 Å². The van der Waals surface area contributed by atoms with Gasteiger partial charge >= 0.3 is 0 Å². The number of aliphatic hydroxyl groups is 1. The van der Waals surface area contributed by atoms with E-state index in [9.17, 15) is 0 Å². The maximum atomic E-state index is 7.75. The number of aliphatic hydroxyl groups excluding tert-OH is 1. The molecule has 0 atom stereocenters. The van der Waals surface area contributed by atoms with E-state index in [1.165, 1.54) is 0 Å². The molecular weight excluding hydrogens is 132 g/mol. The summed E-state index contributed by atoms with van der Waals surface area (Å²) in [6, 6.07) is 0. The van der Waals surface area contributed by atoms with Crippen LogP contribution in [-0.2, 0) is 9.47 Å². The summed E-state index contributed by atoms with van der Waals surface area (Å²) in [6.07, 6.45) is -5.77. The van der Waals surface area contributed by atoms with Crippen molar-refractivity contribution in [2.24, 2.45) is 0 Å². The van der Waals surface area contributed by atoms with Crippen molar-refractivity contribution in [2.75, 3.05) is 19.8 Å². The molecule has 1 aliphatic rings. The first-order chi connectivity index (χ1) is 8.02. The zero-order valence-corrected chi connectivity index (χ0v) is 5.35. The maximum Gasteiger partial charge on any atom is 0.210 e. The molecule has 0 radical (unpaired) electrons. The van der Waals surface area contributed by atoms with E-state index in [0.29, 0.717) is 0 Å². The summed E-state index contributed by atoms with van der Waals surface area (Å²) < 4.78 is 68.8. The summed E-state index contributed by atoms with van der Waals surface area (Å²) in [7, 11) is 0. The SMILES string of the molecule is [2H]OCC([2H])([2H])C([2H])([2H])C1(C([2H])([2H])[2H])OCCO1. The van der Waals surface area contributed by atoms with Crippen molar-refractivity contribution in [3.63, 3.8) is 0 Å². The van der Waals surface area contributed by atoms with Gasteiger partial charge in [-0.1, -0.05) is 0 Å². The lowest BCUT2D eigenvalue weighted by molar-refractivity contribution is -0.148. The van der Waals surface area contributed by atoms with E-state index in [1.54, 1.807) is 0 Å². The summed E-state index contributed by atoms with van der Waals surface area (Å²) in [6.45, 7) is -4.24. The molecule has 1 heterocycles. The van der Waals surface area contributed by atoms with Gasteiger partial charge in [0.25, 0.3) is 0 Å². The third-order valence-corrected chi connectivity index (χ3v) is 1.02. The molecule has 0 unspecified atom stereocenters. The zero-order chi connectivity index (χ0) is 14.2. The fourth-order valence-corrected chi connectivity index (χ4v) is 0.637. The highest BCUT2D eigenvalue weighted by Gasteiger charge is 2.29. The highest BCUT2D eigenvalue weighted by atomic mass is 16.7. The van der Waals surface area contributed by atoms with Crippen molar-refractivity contribution >= 4 is 0 Å². The predicted octanol–water partition coefficient (Wildman–Crippen LogP) is 0.522. The Morgan fingerprint density at radius 2 is 2.60 bits per heavy atom. The fraction of sp³-hybridized carbons (Fsp3) is 1.00. The van der Waals surface area contributed by atoms with Gasteiger partial charge in [0.2, 0.25) is 1.43 Å². The molecular formula is C7H14O3. The van der Waals surface area contributed by atoms with E-state index >= 15 is 0 Å². The van der Waals surface area contributed by atoms with Crippen molar-refractivity contribution in [1.29, 1.82) is 1.43 Å². The summed E-state index contributed by atoms with van der Waals surface area (Å²) in [5.41, 5.74) is 0. The number of hydrogen-bond donors (Lipinski definition) is 1. The van der Waals surface area contributed by atoms with Crippen molar-refractivity contribution in [1.82, 2.24) is 0 Å². The lowest BCUT2D eigenvalue weighted by Gasteiger charge is -2.21. The molecule has 1 rings (SSSR count). The first-order valence-electron chi connectivity index (χ1n) is 6.79. The summed E-state index contributed by atoms with van der Waals surface area (Å²) in [5, 5.41) is 3.85. The molecule has 1 N–H and O–H groups in total. The Hall–Kier alpha value is -0.120. The molecule has 60 valence electrons. The van der Waals surface area contributed by atoms with Crippen LogP contribution in [0, 0.1) is 0 Å². The lowest BCUT2D eigenvalue weighted by atomic mass is 10.2. The molecule has 0 saturated carbocycles. The number of ether oxygens (including phenoxy) is 2. The monoisotopic (exact) mass is 154 g/mol. The minimum atomic E-state index is -3.01. The van der Waals surface area contributed by atoms with Crippen LogP contribution in [-0.4, -0.2) is 32.1 Å². The van der Waals surface area contributed by atoms with Crippen LogP contribution in [0.5, 0.6) is 0 Å². The van der Waals surface area contributed by atoms with Gasteiger partial charge in [0, 0.05) is 22.6 Å². The van der Waals surface area contributed by atoms with Gasteiger partial charge in [-0.2, -0.15) is 0 Å². The van der Waals surface area contributed by atoms with E-state index in [-0.39, 0.29) is 13.2 Å². The first-order valence-corrected chi connectivity index (χ1v) is 2.88. The van der Waals surface area contributed by atoms with Crippen molar-refractivity contribution in [3.05, 3.63) is 0 Å². The van der Waals surface area contributed by atoms with Gasteiger partial charge in [-0.25, -0.2) is 0 Å². The van der Waals surface area contributed by atoms with Crippen molar-refractivity contribution in [2.45, 2.75) is 25.4 Å². The Balaban J connectivity index is 3.21. The van der Waals surface area contributed by atoms with Crippen LogP contribution in [0.15, 0.2) is 0 Å². The Kier molecular flexibility index (Phi) is 0.810. The quantitative estimate of drug-likeness (QED) is 0.641. The van der Waals surface area contributed by atoms with E-state index in [1.807, 2.05) is 0 Å². The summed E-state index contributed by atoms with van der Waals surface area (Å²) in [5.74, 6) is -2.69. The topological polar surface area (TPSA) is 38.7 Å². The van der Waals surface area contributed by atoms with E-state index < -0.39 is 32.0 Å². The molecule has 0 aromatic rings. The Morgan fingerprint density at radius 1 is 1.80 bits per heavy atom. The van der Waals surface area contributed by atoms with Crippen molar-refractivity contribution < 1.29 is 24.2 Å². The zero-order valence-electron chi connectivity index (χ0n) is 13.3. The van der Waals surface area contributed by atoms with Crippen LogP contribution in [0.4, 0.5) is 0 Å². The molecule has 0 aromatic carbocycles. The van der Waals surface area contributed by atoms with Crippen LogP contribution in [0.3, 0.4) is 0 Å². The number of hydrogen-bond acceptors (Lipinski definition) is 3. The van der Waals surface area contributed by atoms with Gasteiger partial charge < -0.3 is 14.6 Å². The summed E-state index contributed by atoms with van der Waals surface area (Å²) >= 11 is 0. The lowest BCUT2D eigenvalue weighted by Crippen LogP contribution is -2.25. The molecule has 1 fully saturated rings. The Bertz CT molecular complexity index is 296. The van der Waals surface area contributed by atoms with Crippen LogP contribution in [0.25, 0.3) is 0 Å². The fourth-order valence-electron chi connectivity index (χ4n) is 0.637. The average molecular weight is 154 g/mol. The van der Waals surface area contributed by atoms with E-state index in [4.69, 9.17) is 20.5 Å². The average Bonchev–Trinajstić information content (AvgIpc) is 2.65. The molecule has 0 amide bonds. The van der Waals surface area contributed by atoms with Gasteiger partial charge in [0.05, 0.1) is 13.2 Å². The molecule has 3 heteroatoms. The normalized spacial score (nSPS) is 39.2. The highest BCUT2D eigenvalue weighted by molar-refractivity contribution is 4.67. The minimum absolute atomic E-state index is 0.143. The van der Waals surface area contributed by atoms with Gasteiger partial charge in [0.15, 0.2) is 5.79 Å². The van der Waals surface area contributed by atoms with Gasteiger partial charge in [-0.3, -0.25) is 0 Å². The molecule has 0 bridgehead atoms. The molecule has 1 aliphatic heterocycles. The number of rotatable bonds is 4. The third-order valence-electron chi connectivity index (χ3n) is 1.02. The highest BCUT2D eigenvalue weighted by Crippen LogP contribution is 2.23. The Morgan fingerprint density at radius 3 is 3.20 bits per heavy atom. The minimum Gasteiger partial charge on any atom is -0.396 e. The maximum absolute atomic E-state index is 7.75. The second kappa shape index (κ2) is 3.32. The molecule has 0 aliphatic carbocycles. The van der Waals surface area contributed by atoms with E-state index in [2.05, 4.69) is 5.11 Å². The third kappa shape index (κ3) is 1.94. The molecule has 10 heavy (non-hydrogen) atoms. The largest absolute Gasteiger partial charge is 0.396 e. The molecule has 0 spiro atoms. The smallest absolute Gasteiger partial charge is 0.210 e. The van der Waals surface area contributed by atoms with E-state index in [0.717, 1.165) is 0 Å². The molecule has 3 nitrogen and oxygen atoms in total. The van der Waals surface area contributed by atoms with Crippen LogP contribution >= 0.6 is 0 Å². The van der Waals surface area contributed by atoms with Crippen LogP contribution < -0.4 is 0 Å². The molecule has 0 aromatic heterocycles. The standard InChI is InChI=1S/C7H14O3/c1-7(3-2-4-8)9-5-6-10-7/h8H,2-6H2,1H3/i1D3,2D2,3D2,8D.